The Bertz CT molecular complexity index is 618. The van der Waals surface area contributed by atoms with Crippen LogP contribution in [0.2, 0.25) is 0 Å². The van der Waals surface area contributed by atoms with Gasteiger partial charge in [-0.25, -0.2) is 4.98 Å². The Labute approximate surface area is 125 Å². The predicted molar refractivity (Wildman–Crippen MR) is 84.6 cm³/mol. The number of ether oxygens (including phenoxy) is 1. The zero-order valence-corrected chi connectivity index (χ0v) is 12.6. The second-order valence-electron chi connectivity index (χ2n) is 5.69. The van der Waals surface area contributed by atoms with Gasteiger partial charge in [-0.3, -0.25) is 0 Å². The molecular weight excluding hydrogens is 262 g/mol. The fourth-order valence-electron chi connectivity index (χ4n) is 3.05. The van der Waals surface area contributed by atoms with E-state index in [9.17, 15) is 0 Å². The number of aryl methyl sites for hydroxylation is 2. The van der Waals surface area contributed by atoms with Crippen molar-refractivity contribution in [2.75, 3.05) is 12.3 Å². The minimum atomic E-state index is 0.704. The molecule has 1 aromatic carbocycles. The van der Waals surface area contributed by atoms with E-state index in [1.807, 2.05) is 24.3 Å². The van der Waals surface area contributed by atoms with Gasteiger partial charge in [0.05, 0.1) is 12.3 Å². The summed E-state index contributed by atoms with van der Waals surface area (Å²) in [5, 5.41) is 0. The summed E-state index contributed by atoms with van der Waals surface area (Å²) < 4.78 is 8.13. The van der Waals surface area contributed by atoms with Crippen LogP contribution in [0.4, 0.5) is 5.69 Å². The third kappa shape index (κ3) is 3.20. The zero-order chi connectivity index (χ0) is 14.7. The van der Waals surface area contributed by atoms with E-state index in [1.165, 1.54) is 30.7 Å². The Hall–Kier alpha value is -1.97. The Morgan fingerprint density at radius 2 is 2.14 bits per heavy atom. The molecule has 3 rings (SSSR count). The SMILES string of the molecule is Cc1nc2c(n1CCCOc1cccc(N)c1)CCCC2. The molecule has 0 aliphatic heterocycles. The van der Waals surface area contributed by atoms with Gasteiger partial charge in [-0.2, -0.15) is 0 Å². The molecule has 2 N–H and O–H groups in total. The average Bonchev–Trinajstić information content (AvgIpc) is 2.79. The number of nitrogens with zero attached hydrogens (tertiary/aromatic N) is 2. The number of anilines is 1. The molecule has 2 aromatic rings. The number of rotatable bonds is 5. The van der Waals surface area contributed by atoms with Crippen molar-refractivity contribution in [3.8, 4) is 5.75 Å². The number of imidazole rings is 1. The molecule has 4 heteroatoms. The van der Waals surface area contributed by atoms with Crippen molar-refractivity contribution in [3.63, 3.8) is 0 Å². The Morgan fingerprint density at radius 1 is 1.29 bits per heavy atom. The van der Waals surface area contributed by atoms with E-state index >= 15 is 0 Å². The molecule has 0 amide bonds. The van der Waals surface area contributed by atoms with Crippen LogP contribution >= 0.6 is 0 Å². The first-order valence-electron chi connectivity index (χ1n) is 7.77. The maximum atomic E-state index is 5.76. The topological polar surface area (TPSA) is 53.1 Å². The van der Waals surface area contributed by atoms with Gasteiger partial charge in [0.1, 0.15) is 11.6 Å². The van der Waals surface area contributed by atoms with Crippen LogP contribution in [0.15, 0.2) is 24.3 Å². The van der Waals surface area contributed by atoms with Gasteiger partial charge in [0.2, 0.25) is 0 Å². The van der Waals surface area contributed by atoms with E-state index in [1.54, 1.807) is 0 Å². The van der Waals surface area contributed by atoms with E-state index in [-0.39, 0.29) is 0 Å². The third-order valence-electron chi connectivity index (χ3n) is 4.08. The van der Waals surface area contributed by atoms with Crippen LogP contribution in [-0.4, -0.2) is 16.2 Å². The second kappa shape index (κ2) is 6.20. The van der Waals surface area contributed by atoms with Crippen molar-refractivity contribution < 1.29 is 4.74 Å². The van der Waals surface area contributed by atoms with Crippen molar-refractivity contribution in [2.45, 2.75) is 45.6 Å². The number of nitrogen functional groups attached to an aromatic ring is 1. The van der Waals surface area contributed by atoms with Crippen molar-refractivity contribution in [1.29, 1.82) is 0 Å². The third-order valence-corrected chi connectivity index (χ3v) is 4.08. The van der Waals surface area contributed by atoms with Crippen LogP contribution in [0.5, 0.6) is 5.75 Å². The predicted octanol–water partition coefficient (Wildman–Crippen LogP) is 3.12. The van der Waals surface area contributed by atoms with Gasteiger partial charge < -0.3 is 15.0 Å². The minimum absolute atomic E-state index is 0.704. The van der Waals surface area contributed by atoms with Crippen LogP contribution in [0.3, 0.4) is 0 Å². The summed E-state index contributed by atoms with van der Waals surface area (Å²) in [6.45, 7) is 3.80. The van der Waals surface area contributed by atoms with E-state index in [2.05, 4.69) is 11.5 Å². The van der Waals surface area contributed by atoms with E-state index in [0.29, 0.717) is 6.61 Å². The lowest BCUT2D eigenvalue weighted by Crippen LogP contribution is -2.11. The molecule has 112 valence electrons. The normalized spacial score (nSPS) is 14.0. The van der Waals surface area contributed by atoms with Gasteiger partial charge in [-0.1, -0.05) is 6.07 Å². The number of benzene rings is 1. The summed E-state index contributed by atoms with van der Waals surface area (Å²) in [5.74, 6) is 1.99. The van der Waals surface area contributed by atoms with Crippen molar-refractivity contribution in [1.82, 2.24) is 9.55 Å². The van der Waals surface area contributed by atoms with Gasteiger partial charge in [-0.05, 0) is 51.2 Å². The molecular formula is C17H23N3O. The molecule has 0 spiro atoms. The minimum Gasteiger partial charge on any atom is -0.493 e. The highest BCUT2D eigenvalue weighted by Gasteiger charge is 2.17. The summed E-state index contributed by atoms with van der Waals surface area (Å²) in [6.07, 6.45) is 5.87. The monoisotopic (exact) mass is 285 g/mol. The van der Waals surface area contributed by atoms with Gasteiger partial charge in [0.25, 0.3) is 0 Å². The van der Waals surface area contributed by atoms with Crippen LogP contribution in [0.1, 0.15) is 36.5 Å². The first-order chi connectivity index (χ1) is 10.2. The quantitative estimate of drug-likeness (QED) is 0.678. The lowest BCUT2D eigenvalue weighted by Gasteiger charge is -2.15. The van der Waals surface area contributed by atoms with Crippen LogP contribution in [0.25, 0.3) is 0 Å². The number of nitrogens with two attached hydrogens (primary N) is 1. The number of fused-ring (bicyclic) bond motifs is 1. The number of hydrogen-bond donors (Lipinski definition) is 1. The molecule has 0 fully saturated rings. The van der Waals surface area contributed by atoms with Crippen molar-refractivity contribution >= 4 is 5.69 Å². The lowest BCUT2D eigenvalue weighted by molar-refractivity contribution is 0.300. The highest BCUT2D eigenvalue weighted by Crippen LogP contribution is 2.22. The highest BCUT2D eigenvalue weighted by molar-refractivity contribution is 5.43. The second-order valence-corrected chi connectivity index (χ2v) is 5.69. The summed E-state index contributed by atoms with van der Waals surface area (Å²) in [7, 11) is 0. The first-order valence-corrected chi connectivity index (χ1v) is 7.77. The van der Waals surface area contributed by atoms with E-state index in [0.717, 1.165) is 36.6 Å². The zero-order valence-electron chi connectivity index (χ0n) is 12.6. The molecule has 1 aliphatic rings. The molecule has 0 saturated heterocycles. The Balaban J connectivity index is 1.55. The lowest BCUT2D eigenvalue weighted by atomic mass is 10.0. The van der Waals surface area contributed by atoms with E-state index in [4.69, 9.17) is 15.5 Å². The fraction of sp³-hybridized carbons (Fsp3) is 0.471. The maximum absolute atomic E-state index is 5.76. The fourth-order valence-corrected chi connectivity index (χ4v) is 3.05. The van der Waals surface area contributed by atoms with Crippen molar-refractivity contribution in [3.05, 3.63) is 41.5 Å². The molecule has 1 aromatic heterocycles. The molecule has 1 aliphatic carbocycles. The van der Waals surface area contributed by atoms with Gasteiger partial charge in [0.15, 0.2) is 0 Å². The maximum Gasteiger partial charge on any atom is 0.121 e. The summed E-state index contributed by atoms with van der Waals surface area (Å²) >= 11 is 0. The molecule has 21 heavy (non-hydrogen) atoms. The largest absolute Gasteiger partial charge is 0.493 e. The molecule has 1 heterocycles. The molecule has 0 atom stereocenters. The smallest absolute Gasteiger partial charge is 0.121 e. The molecule has 0 bridgehead atoms. The first kappa shape index (κ1) is 14.0. The van der Waals surface area contributed by atoms with Crippen LogP contribution < -0.4 is 10.5 Å². The highest BCUT2D eigenvalue weighted by atomic mass is 16.5. The Kier molecular flexibility index (Phi) is 4.13. The van der Waals surface area contributed by atoms with E-state index < -0.39 is 0 Å². The molecule has 0 unspecified atom stereocenters. The van der Waals surface area contributed by atoms with Crippen molar-refractivity contribution in [2.24, 2.45) is 0 Å². The molecule has 0 radical (unpaired) electrons. The summed E-state index contributed by atoms with van der Waals surface area (Å²) in [5.41, 5.74) is 9.25. The Morgan fingerprint density at radius 3 is 3.00 bits per heavy atom. The standard InChI is InChI=1S/C17H23N3O/c1-13-19-16-8-2-3-9-17(16)20(13)10-5-11-21-15-7-4-6-14(18)12-15/h4,6-7,12H,2-3,5,8-11,18H2,1H3. The van der Waals surface area contributed by atoms with Crippen LogP contribution in [-0.2, 0) is 19.4 Å². The van der Waals surface area contributed by atoms with Crippen LogP contribution in [0, 0.1) is 6.92 Å². The molecule has 0 saturated carbocycles. The van der Waals surface area contributed by atoms with Gasteiger partial charge >= 0.3 is 0 Å². The number of aromatic nitrogens is 2. The average molecular weight is 285 g/mol. The molecule has 4 nitrogen and oxygen atoms in total. The number of hydrogen-bond acceptors (Lipinski definition) is 3. The van der Waals surface area contributed by atoms with Gasteiger partial charge in [0, 0.05) is 24.0 Å². The summed E-state index contributed by atoms with van der Waals surface area (Å²) in [4.78, 5) is 4.71. The van der Waals surface area contributed by atoms with Gasteiger partial charge in [-0.15, -0.1) is 0 Å². The summed E-state index contributed by atoms with van der Waals surface area (Å²) in [6, 6.07) is 7.60.